The molecule has 4 nitrogen and oxygen atoms in total. The Balaban J connectivity index is 2.96. The van der Waals surface area contributed by atoms with Gasteiger partial charge in [-0.15, -0.1) is 0 Å². The third kappa shape index (κ3) is 1.98. The van der Waals surface area contributed by atoms with Crippen molar-refractivity contribution < 1.29 is 9.53 Å². The first kappa shape index (κ1) is 8.13. The van der Waals surface area contributed by atoms with E-state index < -0.39 is 5.97 Å². The van der Waals surface area contributed by atoms with Crippen LogP contribution in [0.1, 0.15) is 10.6 Å². The van der Waals surface area contributed by atoms with Crippen LogP contribution in [0, 0.1) is 0 Å². The lowest BCUT2D eigenvalue weighted by atomic mass is 10.6. The van der Waals surface area contributed by atoms with Crippen LogP contribution in [0.4, 0.5) is 0 Å². The van der Waals surface area contributed by atoms with E-state index in [1.807, 2.05) is 0 Å². The second-order valence-corrected chi connectivity index (χ2v) is 2.51. The molecule has 0 aliphatic rings. The molecule has 11 heavy (non-hydrogen) atoms. The molecule has 0 fully saturated rings. The third-order valence-electron chi connectivity index (χ3n) is 0.990. The Bertz CT molecular complexity index is 277. The average molecular weight is 217 g/mol. The summed E-state index contributed by atoms with van der Waals surface area (Å²) >= 11 is 3.10. The smallest absolute Gasteiger partial charge is 0.376 e. The van der Waals surface area contributed by atoms with Gasteiger partial charge in [0.25, 0.3) is 0 Å². The fraction of sp³-hybridized carbons (Fsp3) is 0.167. The van der Waals surface area contributed by atoms with Crippen molar-refractivity contribution in [3.63, 3.8) is 0 Å². The number of hydrogen-bond donors (Lipinski definition) is 0. The zero-order chi connectivity index (χ0) is 8.27. The topological polar surface area (TPSA) is 52.1 Å². The van der Waals surface area contributed by atoms with Gasteiger partial charge >= 0.3 is 5.97 Å². The summed E-state index contributed by atoms with van der Waals surface area (Å²) < 4.78 is 4.97. The summed E-state index contributed by atoms with van der Waals surface area (Å²) in [7, 11) is 1.28. The Kier molecular flexibility index (Phi) is 2.53. The zero-order valence-electron chi connectivity index (χ0n) is 5.74. The van der Waals surface area contributed by atoms with Crippen molar-refractivity contribution in [3.8, 4) is 0 Å². The highest BCUT2D eigenvalue weighted by Gasteiger charge is 2.07. The van der Waals surface area contributed by atoms with Crippen molar-refractivity contribution in [2.75, 3.05) is 7.11 Å². The van der Waals surface area contributed by atoms with Crippen LogP contribution in [0.25, 0.3) is 0 Å². The van der Waals surface area contributed by atoms with E-state index in [2.05, 4.69) is 30.6 Å². The van der Waals surface area contributed by atoms with Gasteiger partial charge in [-0.3, -0.25) is 0 Å². The number of ether oxygens (including phenoxy) is 1. The van der Waals surface area contributed by atoms with Crippen LogP contribution in [0.5, 0.6) is 0 Å². The first-order valence-electron chi connectivity index (χ1n) is 2.81. The van der Waals surface area contributed by atoms with Crippen LogP contribution < -0.4 is 0 Å². The predicted molar refractivity (Wildman–Crippen MR) is 41.1 cm³/mol. The number of carbonyl (C=O) groups is 1. The van der Waals surface area contributed by atoms with E-state index in [0.717, 1.165) is 0 Å². The van der Waals surface area contributed by atoms with Crippen LogP contribution in [-0.2, 0) is 4.74 Å². The molecule has 0 aromatic carbocycles. The molecule has 1 rings (SSSR count). The minimum Gasteiger partial charge on any atom is -0.463 e. The summed E-state index contributed by atoms with van der Waals surface area (Å²) in [4.78, 5) is 18.3. The van der Waals surface area contributed by atoms with Gasteiger partial charge in [0.2, 0.25) is 5.82 Å². The lowest BCUT2D eigenvalue weighted by Gasteiger charge is -1.95. The van der Waals surface area contributed by atoms with Crippen molar-refractivity contribution in [2.24, 2.45) is 0 Å². The summed E-state index contributed by atoms with van der Waals surface area (Å²) in [6.07, 6.45) is 1.48. The zero-order valence-corrected chi connectivity index (χ0v) is 7.33. The van der Waals surface area contributed by atoms with Gasteiger partial charge in [0.1, 0.15) is 4.60 Å². The Morgan fingerprint density at radius 2 is 2.45 bits per heavy atom. The quantitative estimate of drug-likeness (QED) is 0.520. The highest BCUT2D eigenvalue weighted by Crippen LogP contribution is 2.03. The molecule has 0 amide bonds. The fourth-order valence-corrected chi connectivity index (χ4v) is 0.812. The lowest BCUT2D eigenvalue weighted by Crippen LogP contribution is -2.06. The molecule has 1 aromatic rings. The number of nitrogens with zero attached hydrogens (tertiary/aromatic N) is 2. The summed E-state index contributed by atoms with van der Waals surface area (Å²) in [5.74, 6) is -0.479. The molecule has 58 valence electrons. The number of esters is 1. The molecule has 1 heterocycles. The highest BCUT2D eigenvalue weighted by atomic mass is 79.9. The van der Waals surface area contributed by atoms with Gasteiger partial charge < -0.3 is 4.74 Å². The first-order valence-corrected chi connectivity index (χ1v) is 3.60. The molecule has 0 spiro atoms. The standard InChI is InChI=1S/C6H5BrN2O2/c1-11-6(10)5-8-3-2-4(7)9-5/h2-3H,1H3. The minimum absolute atomic E-state index is 0.0573. The van der Waals surface area contributed by atoms with Gasteiger partial charge in [-0.05, 0) is 22.0 Å². The van der Waals surface area contributed by atoms with Gasteiger partial charge in [-0.1, -0.05) is 0 Å². The molecule has 0 atom stereocenters. The maximum absolute atomic E-state index is 10.8. The van der Waals surface area contributed by atoms with E-state index in [1.165, 1.54) is 13.3 Å². The van der Waals surface area contributed by atoms with Crippen LogP contribution in [0.3, 0.4) is 0 Å². The Morgan fingerprint density at radius 1 is 1.73 bits per heavy atom. The maximum atomic E-state index is 10.8. The molecule has 0 unspecified atom stereocenters. The number of carbonyl (C=O) groups excluding carboxylic acids is 1. The molecule has 0 aliphatic carbocycles. The molecule has 5 heteroatoms. The molecular weight excluding hydrogens is 212 g/mol. The Hall–Kier alpha value is -0.970. The van der Waals surface area contributed by atoms with Crippen molar-refractivity contribution >= 4 is 21.9 Å². The molecule has 1 aromatic heterocycles. The number of methoxy groups -OCH3 is 1. The summed E-state index contributed by atoms with van der Waals surface area (Å²) in [6.45, 7) is 0. The largest absolute Gasteiger partial charge is 0.463 e. The van der Waals surface area contributed by atoms with E-state index in [-0.39, 0.29) is 5.82 Å². The average Bonchev–Trinajstić information content (AvgIpc) is 2.03. The molecule has 0 saturated heterocycles. The second kappa shape index (κ2) is 3.43. The van der Waals surface area contributed by atoms with E-state index >= 15 is 0 Å². The van der Waals surface area contributed by atoms with E-state index in [9.17, 15) is 4.79 Å². The first-order chi connectivity index (χ1) is 5.24. The Labute approximate surface area is 71.7 Å². The van der Waals surface area contributed by atoms with Crippen LogP contribution in [-0.4, -0.2) is 23.0 Å². The monoisotopic (exact) mass is 216 g/mol. The predicted octanol–water partition coefficient (Wildman–Crippen LogP) is 1.03. The van der Waals surface area contributed by atoms with E-state index in [4.69, 9.17) is 0 Å². The van der Waals surface area contributed by atoms with E-state index in [0.29, 0.717) is 4.60 Å². The van der Waals surface area contributed by atoms with Crippen molar-refractivity contribution in [2.45, 2.75) is 0 Å². The van der Waals surface area contributed by atoms with Gasteiger partial charge in [-0.2, -0.15) is 0 Å². The van der Waals surface area contributed by atoms with Crippen molar-refractivity contribution in [1.29, 1.82) is 0 Å². The number of aromatic nitrogens is 2. The second-order valence-electron chi connectivity index (χ2n) is 1.69. The van der Waals surface area contributed by atoms with Gasteiger partial charge in [-0.25, -0.2) is 14.8 Å². The van der Waals surface area contributed by atoms with E-state index in [1.54, 1.807) is 6.07 Å². The SMILES string of the molecule is COC(=O)c1nccc(Br)n1. The molecule has 0 N–H and O–H groups in total. The van der Waals surface area contributed by atoms with Crippen LogP contribution in [0.15, 0.2) is 16.9 Å². The summed E-state index contributed by atoms with van der Waals surface area (Å²) in [5, 5.41) is 0. The highest BCUT2D eigenvalue weighted by molar-refractivity contribution is 9.10. The lowest BCUT2D eigenvalue weighted by molar-refractivity contribution is 0.0586. The fourth-order valence-electron chi connectivity index (χ4n) is 0.526. The number of rotatable bonds is 1. The number of halogens is 1. The third-order valence-corrected chi connectivity index (χ3v) is 1.43. The molecule has 0 saturated carbocycles. The maximum Gasteiger partial charge on any atom is 0.376 e. The minimum atomic E-state index is -0.536. The molecule has 0 bridgehead atoms. The summed E-state index contributed by atoms with van der Waals surface area (Å²) in [5.41, 5.74) is 0. The van der Waals surface area contributed by atoms with Crippen LogP contribution in [0.2, 0.25) is 0 Å². The van der Waals surface area contributed by atoms with Crippen molar-refractivity contribution in [1.82, 2.24) is 9.97 Å². The van der Waals surface area contributed by atoms with Crippen LogP contribution >= 0.6 is 15.9 Å². The number of hydrogen-bond acceptors (Lipinski definition) is 4. The summed E-state index contributed by atoms with van der Waals surface area (Å²) in [6, 6.07) is 1.63. The van der Waals surface area contributed by atoms with Gasteiger partial charge in [0, 0.05) is 6.20 Å². The molecule has 0 aliphatic heterocycles. The molecular formula is C6H5BrN2O2. The van der Waals surface area contributed by atoms with Crippen molar-refractivity contribution in [3.05, 3.63) is 22.7 Å². The Morgan fingerprint density at radius 3 is 3.00 bits per heavy atom. The van der Waals surface area contributed by atoms with Gasteiger partial charge in [0.05, 0.1) is 7.11 Å². The van der Waals surface area contributed by atoms with Gasteiger partial charge in [0.15, 0.2) is 0 Å². The molecule has 0 radical (unpaired) electrons. The normalized spacial score (nSPS) is 9.27.